The fraction of sp³-hybridized carbons (Fsp3) is 0.300. The van der Waals surface area contributed by atoms with Crippen molar-refractivity contribution in [2.75, 3.05) is 19.0 Å². The van der Waals surface area contributed by atoms with Crippen molar-refractivity contribution in [3.8, 4) is 5.75 Å². The van der Waals surface area contributed by atoms with E-state index in [1.807, 2.05) is 6.92 Å². The van der Waals surface area contributed by atoms with Gasteiger partial charge in [0.15, 0.2) is 6.61 Å². The van der Waals surface area contributed by atoms with Crippen LogP contribution in [0.5, 0.6) is 5.75 Å². The number of anilines is 1. The van der Waals surface area contributed by atoms with E-state index < -0.39 is 21.9 Å². The molecule has 0 unspecified atom stereocenters. The number of nitrogens with one attached hydrogen (secondary N) is 2. The van der Waals surface area contributed by atoms with Crippen molar-refractivity contribution in [1.82, 2.24) is 4.72 Å². The van der Waals surface area contributed by atoms with Crippen LogP contribution in [-0.2, 0) is 19.6 Å². The fourth-order valence-corrected chi connectivity index (χ4v) is 3.61. The monoisotopic (exact) mass is 420 g/mol. The molecule has 0 aromatic heterocycles. The Balaban J connectivity index is 1.89. The smallest absolute Gasteiger partial charge is 0.337 e. The molecule has 2 aromatic rings. The number of benzene rings is 2. The molecule has 156 valence electrons. The van der Waals surface area contributed by atoms with E-state index in [2.05, 4.69) is 14.8 Å². The Hall–Kier alpha value is -2.91. The van der Waals surface area contributed by atoms with Crippen LogP contribution in [-0.4, -0.2) is 40.1 Å². The molecule has 2 aromatic carbocycles. The zero-order valence-electron chi connectivity index (χ0n) is 16.5. The largest absolute Gasteiger partial charge is 0.484 e. The number of ether oxygens (including phenoxy) is 2. The number of carbonyl (C=O) groups excluding carboxylic acids is 2. The Kier molecular flexibility index (Phi) is 7.74. The summed E-state index contributed by atoms with van der Waals surface area (Å²) in [7, 11) is -2.30. The predicted octanol–water partition coefficient (Wildman–Crippen LogP) is 2.57. The van der Waals surface area contributed by atoms with Crippen LogP contribution >= 0.6 is 0 Å². The van der Waals surface area contributed by atoms with Crippen LogP contribution in [0.1, 0.15) is 30.6 Å². The highest BCUT2D eigenvalue weighted by Gasteiger charge is 2.16. The van der Waals surface area contributed by atoms with Crippen LogP contribution in [0.2, 0.25) is 0 Å². The molecule has 2 rings (SSSR count). The zero-order chi connectivity index (χ0) is 21.4. The van der Waals surface area contributed by atoms with Gasteiger partial charge in [-0.1, -0.05) is 6.92 Å². The minimum atomic E-state index is -3.59. The van der Waals surface area contributed by atoms with Crippen LogP contribution in [0.4, 0.5) is 5.69 Å². The lowest BCUT2D eigenvalue weighted by atomic mass is 10.2. The number of rotatable bonds is 9. The number of methoxy groups -OCH3 is 1. The summed E-state index contributed by atoms with van der Waals surface area (Å²) in [6.07, 6.45) is 0.682. The molecule has 0 aliphatic carbocycles. The van der Waals surface area contributed by atoms with Gasteiger partial charge in [0, 0.05) is 11.7 Å². The average Bonchev–Trinajstić information content (AvgIpc) is 2.72. The van der Waals surface area contributed by atoms with Crippen LogP contribution in [0.15, 0.2) is 53.4 Å². The summed E-state index contributed by atoms with van der Waals surface area (Å²) < 4.78 is 37.0. The van der Waals surface area contributed by atoms with E-state index in [4.69, 9.17) is 4.74 Å². The summed E-state index contributed by atoms with van der Waals surface area (Å²) in [5, 5.41) is 2.64. The van der Waals surface area contributed by atoms with E-state index in [1.54, 1.807) is 19.1 Å². The highest BCUT2D eigenvalue weighted by Crippen LogP contribution is 2.17. The molecule has 0 aliphatic heterocycles. The van der Waals surface area contributed by atoms with Crippen molar-refractivity contribution >= 4 is 27.6 Å². The van der Waals surface area contributed by atoms with Gasteiger partial charge in [0.1, 0.15) is 5.75 Å². The van der Waals surface area contributed by atoms with Crippen LogP contribution in [0, 0.1) is 0 Å². The molecule has 8 nitrogen and oxygen atoms in total. The normalized spacial score (nSPS) is 12.1. The molecule has 0 radical (unpaired) electrons. The van der Waals surface area contributed by atoms with Gasteiger partial charge in [-0.25, -0.2) is 17.9 Å². The SMILES string of the molecule is CC[C@@H](C)NS(=O)(=O)c1ccc(OCC(=O)Nc2ccc(C(=O)OC)cc2)cc1. The first kappa shape index (κ1) is 22.4. The maximum atomic E-state index is 12.2. The number of esters is 1. The molecule has 0 saturated carbocycles. The molecule has 0 bridgehead atoms. The molecule has 0 fully saturated rings. The summed E-state index contributed by atoms with van der Waals surface area (Å²) in [6, 6.07) is 11.9. The van der Waals surface area contributed by atoms with Gasteiger partial charge < -0.3 is 14.8 Å². The van der Waals surface area contributed by atoms with Crippen molar-refractivity contribution < 1.29 is 27.5 Å². The Morgan fingerprint density at radius 3 is 2.21 bits per heavy atom. The van der Waals surface area contributed by atoms with Crippen molar-refractivity contribution in [1.29, 1.82) is 0 Å². The van der Waals surface area contributed by atoms with Crippen molar-refractivity contribution in [3.63, 3.8) is 0 Å². The summed E-state index contributed by atoms with van der Waals surface area (Å²) in [6.45, 7) is 3.43. The molecule has 1 atom stereocenters. The molecule has 2 N–H and O–H groups in total. The molecule has 0 saturated heterocycles. The lowest BCUT2D eigenvalue weighted by molar-refractivity contribution is -0.118. The van der Waals surface area contributed by atoms with E-state index in [0.717, 1.165) is 0 Å². The Morgan fingerprint density at radius 1 is 1.03 bits per heavy atom. The number of amides is 1. The lowest BCUT2D eigenvalue weighted by Crippen LogP contribution is -2.31. The lowest BCUT2D eigenvalue weighted by Gasteiger charge is -2.12. The molecule has 0 spiro atoms. The van der Waals surface area contributed by atoms with E-state index in [0.29, 0.717) is 23.4 Å². The molecular formula is C20H24N2O6S. The van der Waals surface area contributed by atoms with Gasteiger partial charge >= 0.3 is 5.97 Å². The molecule has 0 heterocycles. The van der Waals surface area contributed by atoms with E-state index in [1.165, 1.54) is 43.5 Å². The number of carbonyl (C=O) groups is 2. The topological polar surface area (TPSA) is 111 Å². The van der Waals surface area contributed by atoms with Gasteiger partial charge in [-0.2, -0.15) is 0 Å². The standard InChI is InChI=1S/C20H24N2O6S/c1-4-14(2)22-29(25,26)18-11-9-17(10-12-18)28-13-19(23)21-16-7-5-15(6-8-16)20(24)27-3/h5-12,14,22H,4,13H2,1-3H3,(H,21,23)/t14-/m1/s1. The molecule has 29 heavy (non-hydrogen) atoms. The van der Waals surface area contributed by atoms with E-state index in [-0.39, 0.29) is 17.5 Å². The second-order valence-corrected chi connectivity index (χ2v) is 8.02. The maximum absolute atomic E-state index is 12.2. The highest BCUT2D eigenvalue weighted by molar-refractivity contribution is 7.89. The summed E-state index contributed by atoms with van der Waals surface area (Å²) in [4.78, 5) is 23.5. The third-order valence-corrected chi connectivity index (χ3v) is 5.67. The molecular weight excluding hydrogens is 396 g/mol. The predicted molar refractivity (Wildman–Crippen MR) is 108 cm³/mol. The molecule has 1 amide bonds. The first-order valence-electron chi connectivity index (χ1n) is 8.98. The Morgan fingerprint density at radius 2 is 1.66 bits per heavy atom. The van der Waals surface area contributed by atoms with Gasteiger partial charge in [0.25, 0.3) is 5.91 Å². The zero-order valence-corrected chi connectivity index (χ0v) is 17.3. The first-order valence-corrected chi connectivity index (χ1v) is 10.5. The van der Waals surface area contributed by atoms with Crippen LogP contribution in [0.3, 0.4) is 0 Å². The Bertz CT molecular complexity index is 940. The third kappa shape index (κ3) is 6.58. The van der Waals surface area contributed by atoms with E-state index >= 15 is 0 Å². The van der Waals surface area contributed by atoms with Gasteiger partial charge in [0.05, 0.1) is 17.6 Å². The summed E-state index contributed by atoms with van der Waals surface area (Å²) in [5.41, 5.74) is 0.878. The second-order valence-electron chi connectivity index (χ2n) is 6.31. The number of hydrogen-bond acceptors (Lipinski definition) is 6. The highest BCUT2D eigenvalue weighted by atomic mass is 32.2. The first-order chi connectivity index (χ1) is 13.7. The van der Waals surface area contributed by atoms with Crippen molar-refractivity contribution in [3.05, 3.63) is 54.1 Å². The number of sulfonamides is 1. The quantitative estimate of drug-likeness (QED) is 0.603. The van der Waals surface area contributed by atoms with Crippen molar-refractivity contribution in [2.45, 2.75) is 31.2 Å². The van der Waals surface area contributed by atoms with E-state index in [9.17, 15) is 18.0 Å². The Labute approximate surface area is 170 Å². The van der Waals surface area contributed by atoms with Gasteiger partial charge in [-0.15, -0.1) is 0 Å². The fourth-order valence-electron chi connectivity index (χ4n) is 2.28. The molecule has 0 aliphatic rings. The average molecular weight is 420 g/mol. The minimum Gasteiger partial charge on any atom is -0.484 e. The van der Waals surface area contributed by atoms with Crippen LogP contribution < -0.4 is 14.8 Å². The minimum absolute atomic E-state index is 0.125. The van der Waals surface area contributed by atoms with Gasteiger partial charge in [-0.3, -0.25) is 4.79 Å². The van der Waals surface area contributed by atoms with Gasteiger partial charge in [0.2, 0.25) is 10.0 Å². The summed E-state index contributed by atoms with van der Waals surface area (Å²) >= 11 is 0. The third-order valence-electron chi connectivity index (χ3n) is 4.06. The maximum Gasteiger partial charge on any atom is 0.337 e. The number of hydrogen-bond donors (Lipinski definition) is 2. The van der Waals surface area contributed by atoms with Gasteiger partial charge in [-0.05, 0) is 61.9 Å². The second kappa shape index (κ2) is 10.0. The van der Waals surface area contributed by atoms with Crippen molar-refractivity contribution in [2.24, 2.45) is 0 Å². The molecule has 9 heteroatoms. The summed E-state index contributed by atoms with van der Waals surface area (Å²) in [5.74, 6) is -0.495. The van der Waals surface area contributed by atoms with Crippen LogP contribution in [0.25, 0.3) is 0 Å².